The minimum Gasteiger partial charge on any atom is -0.480 e. The van der Waals surface area contributed by atoms with Gasteiger partial charge in [0.2, 0.25) is 11.8 Å². The molecule has 0 fully saturated rings. The molecule has 9 heteroatoms. The number of carbonyl (C=O) groups is 3. The first-order valence-corrected chi connectivity index (χ1v) is 7.41. The molecule has 8 nitrogen and oxygen atoms in total. The van der Waals surface area contributed by atoms with Crippen LogP contribution in [-0.4, -0.2) is 64.7 Å². The molecule has 0 saturated carbocycles. The van der Waals surface area contributed by atoms with Crippen molar-refractivity contribution in [2.75, 3.05) is 18.6 Å². The van der Waals surface area contributed by atoms with Gasteiger partial charge in [-0.3, -0.25) is 14.4 Å². The molecule has 0 bridgehead atoms. The molecule has 0 aliphatic heterocycles. The maximum Gasteiger partial charge on any atom is 0.322 e. The highest BCUT2D eigenvalue weighted by Crippen LogP contribution is 2.00. The normalized spacial score (nSPS) is 15.0. The van der Waals surface area contributed by atoms with Gasteiger partial charge >= 0.3 is 5.97 Å². The van der Waals surface area contributed by atoms with Crippen LogP contribution >= 0.6 is 11.8 Å². The summed E-state index contributed by atoms with van der Waals surface area (Å²) in [6, 6.07) is -2.02. The number of hydrogen-bond acceptors (Lipinski definition) is 6. The lowest BCUT2D eigenvalue weighted by atomic mass is 10.1. The Labute approximate surface area is 121 Å². The smallest absolute Gasteiger partial charge is 0.322 e. The van der Waals surface area contributed by atoms with E-state index < -0.39 is 42.5 Å². The Morgan fingerprint density at radius 2 is 1.90 bits per heavy atom. The highest BCUT2D eigenvalue weighted by molar-refractivity contribution is 7.98. The molecule has 0 heterocycles. The van der Waals surface area contributed by atoms with Gasteiger partial charge in [-0.05, 0) is 25.4 Å². The van der Waals surface area contributed by atoms with Crippen LogP contribution < -0.4 is 16.4 Å². The second kappa shape index (κ2) is 9.56. The molecule has 0 radical (unpaired) electrons. The van der Waals surface area contributed by atoms with Crippen molar-refractivity contribution in [1.82, 2.24) is 10.6 Å². The van der Waals surface area contributed by atoms with E-state index in [1.807, 2.05) is 6.26 Å². The number of aliphatic carboxylic acids is 1. The lowest BCUT2D eigenvalue weighted by molar-refractivity contribution is -0.139. The van der Waals surface area contributed by atoms with Gasteiger partial charge in [0.15, 0.2) is 0 Å². The zero-order valence-corrected chi connectivity index (χ0v) is 12.3. The van der Waals surface area contributed by atoms with Crippen LogP contribution in [-0.2, 0) is 14.4 Å². The van der Waals surface area contributed by atoms with Crippen molar-refractivity contribution < 1.29 is 24.6 Å². The summed E-state index contributed by atoms with van der Waals surface area (Å²) >= 11 is 1.54. The summed E-state index contributed by atoms with van der Waals surface area (Å²) in [5.74, 6) is -1.85. The zero-order valence-electron chi connectivity index (χ0n) is 11.5. The fourth-order valence-electron chi connectivity index (χ4n) is 1.31. The number of aliphatic hydroxyl groups excluding tert-OH is 1. The fourth-order valence-corrected chi connectivity index (χ4v) is 1.80. The highest BCUT2D eigenvalue weighted by Gasteiger charge is 2.27. The van der Waals surface area contributed by atoms with E-state index in [0.29, 0.717) is 12.2 Å². The first-order chi connectivity index (χ1) is 9.29. The Hall–Kier alpha value is -1.32. The topological polar surface area (TPSA) is 142 Å². The molecule has 0 aromatic rings. The number of rotatable bonds is 9. The van der Waals surface area contributed by atoms with E-state index in [2.05, 4.69) is 10.6 Å². The van der Waals surface area contributed by atoms with Gasteiger partial charge in [-0.15, -0.1) is 0 Å². The van der Waals surface area contributed by atoms with Gasteiger partial charge in [0.25, 0.3) is 0 Å². The lowest BCUT2D eigenvalue weighted by Crippen LogP contribution is -2.56. The molecule has 20 heavy (non-hydrogen) atoms. The Balaban J connectivity index is 4.49. The zero-order chi connectivity index (χ0) is 15.7. The van der Waals surface area contributed by atoms with Gasteiger partial charge in [-0.2, -0.15) is 11.8 Å². The van der Waals surface area contributed by atoms with Crippen LogP contribution in [0.2, 0.25) is 0 Å². The number of nitrogens with two attached hydrogens (primary N) is 1. The predicted molar refractivity (Wildman–Crippen MR) is 75.2 cm³/mol. The molecule has 3 unspecified atom stereocenters. The SMILES string of the molecule is CSCCC(N)C(=O)NC(C(=O)NCC(=O)O)C(C)O. The molecule has 0 aromatic carbocycles. The lowest BCUT2D eigenvalue weighted by Gasteiger charge is -2.22. The number of hydrogen-bond donors (Lipinski definition) is 5. The molecule has 2 amide bonds. The molecule has 3 atom stereocenters. The molecule has 116 valence electrons. The van der Waals surface area contributed by atoms with Gasteiger partial charge in [-0.25, -0.2) is 0 Å². The molecule has 0 aliphatic rings. The molecule has 0 aliphatic carbocycles. The number of carbonyl (C=O) groups excluding carboxylic acids is 2. The van der Waals surface area contributed by atoms with Crippen molar-refractivity contribution in [2.45, 2.75) is 31.5 Å². The van der Waals surface area contributed by atoms with E-state index in [4.69, 9.17) is 10.8 Å². The third-order valence-corrected chi connectivity index (χ3v) is 3.09. The van der Waals surface area contributed by atoms with Crippen LogP contribution in [0.25, 0.3) is 0 Å². The molecule has 0 saturated heterocycles. The maximum atomic E-state index is 11.8. The Morgan fingerprint density at radius 1 is 1.30 bits per heavy atom. The van der Waals surface area contributed by atoms with Crippen LogP contribution in [0, 0.1) is 0 Å². The molecule has 0 rings (SSSR count). The van der Waals surface area contributed by atoms with E-state index in [1.54, 1.807) is 0 Å². The predicted octanol–water partition coefficient (Wildman–Crippen LogP) is -1.87. The van der Waals surface area contributed by atoms with Crippen molar-refractivity contribution in [2.24, 2.45) is 5.73 Å². The van der Waals surface area contributed by atoms with Gasteiger partial charge in [0.05, 0.1) is 12.1 Å². The summed E-state index contributed by atoms with van der Waals surface area (Å²) in [6.45, 7) is 0.731. The minimum absolute atomic E-state index is 0.441. The molecular weight excluding hydrogens is 286 g/mol. The Kier molecular flexibility index (Phi) is 8.93. The van der Waals surface area contributed by atoms with Crippen LogP contribution in [0.15, 0.2) is 0 Å². The summed E-state index contributed by atoms with van der Waals surface area (Å²) in [4.78, 5) is 33.8. The molecule has 6 N–H and O–H groups in total. The number of nitrogens with one attached hydrogen (secondary N) is 2. The minimum atomic E-state index is -1.23. The van der Waals surface area contributed by atoms with Crippen molar-refractivity contribution in [3.63, 3.8) is 0 Å². The first-order valence-electron chi connectivity index (χ1n) is 6.02. The number of thioether (sulfide) groups is 1. The van der Waals surface area contributed by atoms with E-state index in [0.717, 1.165) is 0 Å². The summed E-state index contributed by atoms with van der Waals surface area (Å²) in [5, 5.41) is 22.4. The van der Waals surface area contributed by atoms with E-state index in [1.165, 1.54) is 18.7 Å². The van der Waals surface area contributed by atoms with Crippen molar-refractivity contribution in [3.05, 3.63) is 0 Å². The summed E-state index contributed by atoms with van der Waals surface area (Å²) in [6.07, 6.45) is 1.15. The average molecular weight is 307 g/mol. The third-order valence-electron chi connectivity index (χ3n) is 2.45. The fraction of sp³-hybridized carbons (Fsp3) is 0.727. The van der Waals surface area contributed by atoms with Crippen molar-refractivity contribution in [3.8, 4) is 0 Å². The van der Waals surface area contributed by atoms with Crippen molar-refractivity contribution >= 4 is 29.5 Å². The number of carboxylic acids is 1. The van der Waals surface area contributed by atoms with Crippen LogP contribution in [0.3, 0.4) is 0 Å². The first kappa shape index (κ1) is 18.7. The monoisotopic (exact) mass is 307 g/mol. The van der Waals surface area contributed by atoms with E-state index >= 15 is 0 Å². The van der Waals surface area contributed by atoms with Crippen LogP contribution in [0.5, 0.6) is 0 Å². The Morgan fingerprint density at radius 3 is 2.35 bits per heavy atom. The number of aliphatic hydroxyl groups is 1. The molecule has 0 aromatic heterocycles. The van der Waals surface area contributed by atoms with Crippen LogP contribution in [0.1, 0.15) is 13.3 Å². The Bertz CT molecular complexity index is 351. The van der Waals surface area contributed by atoms with Gasteiger partial charge < -0.3 is 26.6 Å². The van der Waals surface area contributed by atoms with Crippen LogP contribution in [0.4, 0.5) is 0 Å². The van der Waals surface area contributed by atoms with Gasteiger partial charge in [-0.1, -0.05) is 0 Å². The maximum absolute atomic E-state index is 11.8. The summed E-state index contributed by atoms with van der Waals surface area (Å²) in [7, 11) is 0. The number of carboxylic acid groups (broad SMARTS) is 1. The second-order valence-electron chi connectivity index (χ2n) is 4.23. The van der Waals surface area contributed by atoms with Gasteiger partial charge in [0.1, 0.15) is 12.6 Å². The highest BCUT2D eigenvalue weighted by atomic mass is 32.2. The summed E-state index contributed by atoms with van der Waals surface area (Å²) in [5.41, 5.74) is 5.64. The van der Waals surface area contributed by atoms with Gasteiger partial charge in [0, 0.05) is 0 Å². The average Bonchev–Trinajstić information content (AvgIpc) is 2.38. The number of amides is 2. The van der Waals surface area contributed by atoms with E-state index in [-0.39, 0.29) is 0 Å². The summed E-state index contributed by atoms with van der Waals surface area (Å²) < 4.78 is 0. The van der Waals surface area contributed by atoms with E-state index in [9.17, 15) is 19.5 Å². The van der Waals surface area contributed by atoms with Crippen molar-refractivity contribution in [1.29, 1.82) is 0 Å². The standard InChI is InChI=1S/C11H21N3O5S/c1-6(15)9(11(19)13-5-8(16)17)14-10(18)7(12)3-4-20-2/h6-7,9,15H,3-5,12H2,1-2H3,(H,13,19)(H,14,18)(H,16,17). The largest absolute Gasteiger partial charge is 0.480 e. The quantitative estimate of drug-likeness (QED) is 0.336. The molecule has 0 spiro atoms. The third kappa shape index (κ3) is 7.31. The molecular formula is C11H21N3O5S. The second-order valence-corrected chi connectivity index (χ2v) is 5.21.